The average molecular weight is 331 g/mol. The number of rotatable bonds is 4. The van der Waals surface area contributed by atoms with Crippen molar-refractivity contribution < 1.29 is 4.79 Å². The average Bonchev–Trinajstić information content (AvgIpc) is 2.48. The molecule has 118 valence electrons. The number of halogens is 2. The number of hydrogen-bond donors (Lipinski definition) is 2. The maximum Gasteiger partial charge on any atom is 0.253 e. The molecule has 3 N–H and O–H groups in total. The van der Waals surface area contributed by atoms with Crippen LogP contribution in [0.4, 0.5) is 0 Å². The smallest absolute Gasteiger partial charge is 0.253 e. The summed E-state index contributed by atoms with van der Waals surface area (Å²) in [5, 5.41) is 3.60. The highest BCUT2D eigenvalue weighted by molar-refractivity contribution is 6.34. The van der Waals surface area contributed by atoms with Gasteiger partial charge in [-0.3, -0.25) is 4.79 Å². The van der Waals surface area contributed by atoms with Crippen LogP contribution in [0.2, 0.25) is 5.02 Å². The Labute approximate surface area is 138 Å². The third kappa shape index (κ3) is 4.60. The Hall–Kier alpha value is -0.770. The predicted molar refractivity (Wildman–Crippen MR) is 90.3 cm³/mol. The Bertz CT molecular complexity index is 473. The van der Waals surface area contributed by atoms with Crippen molar-refractivity contribution in [2.24, 2.45) is 11.7 Å². The molecule has 0 bridgehead atoms. The van der Waals surface area contributed by atoms with Gasteiger partial charge in [0.1, 0.15) is 0 Å². The number of carbonyl (C=O) groups is 1. The van der Waals surface area contributed by atoms with Crippen LogP contribution in [0.1, 0.15) is 48.0 Å². The molecule has 3 nitrogen and oxygen atoms in total. The van der Waals surface area contributed by atoms with Crippen molar-refractivity contribution in [3.63, 3.8) is 0 Å². The van der Waals surface area contributed by atoms with E-state index in [-0.39, 0.29) is 24.4 Å². The lowest BCUT2D eigenvalue weighted by atomic mass is 9.84. The second-order valence-electron chi connectivity index (χ2n) is 5.65. The molecule has 0 saturated heterocycles. The van der Waals surface area contributed by atoms with Gasteiger partial charge in [-0.2, -0.15) is 0 Å². The van der Waals surface area contributed by atoms with Crippen LogP contribution >= 0.6 is 24.0 Å². The van der Waals surface area contributed by atoms with Crippen molar-refractivity contribution in [2.45, 2.75) is 45.1 Å². The second-order valence-corrected chi connectivity index (χ2v) is 6.03. The van der Waals surface area contributed by atoms with Gasteiger partial charge in [-0.1, -0.05) is 43.0 Å². The Kier molecular flexibility index (Phi) is 7.50. The fourth-order valence-electron chi connectivity index (χ4n) is 2.97. The first-order valence-corrected chi connectivity index (χ1v) is 7.77. The fraction of sp³-hybridized carbons (Fsp3) is 0.562. The predicted octanol–water partition coefficient (Wildman–Crippen LogP) is 3.71. The summed E-state index contributed by atoms with van der Waals surface area (Å²) in [6, 6.07) is 5.58. The van der Waals surface area contributed by atoms with Crippen LogP contribution in [-0.4, -0.2) is 18.5 Å². The van der Waals surface area contributed by atoms with Crippen LogP contribution in [0.3, 0.4) is 0 Å². The van der Waals surface area contributed by atoms with Crippen molar-refractivity contribution >= 4 is 29.9 Å². The van der Waals surface area contributed by atoms with E-state index in [1.54, 1.807) is 6.07 Å². The summed E-state index contributed by atoms with van der Waals surface area (Å²) in [7, 11) is 0. The first-order chi connectivity index (χ1) is 9.63. The summed E-state index contributed by atoms with van der Waals surface area (Å²) in [4.78, 5) is 12.4. The molecule has 1 amide bonds. The third-order valence-corrected chi connectivity index (χ3v) is 4.73. The summed E-state index contributed by atoms with van der Waals surface area (Å²) in [6.45, 7) is 2.39. The zero-order valence-electron chi connectivity index (χ0n) is 12.4. The minimum absolute atomic E-state index is 0. The van der Waals surface area contributed by atoms with Crippen LogP contribution in [0.5, 0.6) is 0 Å². The Morgan fingerprint density at radius 1 is 1.38 bits per heavy atom. The molecule has 1 aliphatic carbocycles. The monoisotopic (exact) mass is 330 g/mol. The van der Waals surface area contributed by atoms with Crippen molar-refractivity contribution in [1.29, 1.82) is 0 Å². The van der Waals surface area contributed by atoms with E-state index in [0.29, 0.717) is 23.0 Å². The highest BCUT2D eigenvalue weighted by Gasteiger charge is 2.25. The van der Waals surface area contributed by atoms with E-state index in [0.717, 1.165) is 18.4 Å². The Morgan fingerprint density at radius 3 is 2.67 bits per heavy atom. The third-order valence-electron chi connectivity index (χ3n) is 4.23. The zero-order chi connectivity index (χ0) is 14.5. The number of benzene rings is 1. The first-order valence-electron chi connectivity index (χ1n) is 7.39. The number of hydrogen-bond acceptors (Lipinski definition) is 2. The van der Waals surface area contributed by atoms with Gasteiger partial charge in [-0.15, -0.1) is 12.4 Å². The second kappa shape index (κ2) is 8.62. The molecule has 1 fully saturated rings. The number of nitrogens with one attached hydrogen (secondary N) is 1. The minimum atomic E-state index is -0.111. The molecule has 1 aliphatic rings. The van der Waals surface area contributed by atoms with Crippen molar-refractivity contribution in [3.05, 3.63) is 34.3 Å². The molecule has 0 radical (unpaired) electrons. The van der Waals surface area contributed by atoms with E-state index < -0.39 is 0 Å². The standard InChI is InChI=1S/C16H23ClN2O.ClH/c1-11-6-5-9-13(15(11)17)16(20)19-14(10-18)12-7-3-2-4-8-12;/h5-6,9,12,14H,2-4,7-8,10,18H2,1H3,(H,19,20);1H. The quantitative estimate of drug-likeness (QED) is 0.884. The minimum Gasteiger partial charge on any atom is -0.348 e. The molecule has 1 unspecified atom stereocenters. The molecule has 5 heteroatoms. The topological polar surface area (TPSA) is 55.1 Å². The van der Waals surface area contributed by atoms with E-state index in [2.05, 4.69) is 5.32 Å². The zero-order valence-corrected chi connectivity index (χ0v) is 14.0. The SMILES string of the molecule is Cc1cccc(C(=O)NC(CN)C2CCCCC2)c1Cl.Cl. The number of carbonyl (C=O) groups excluding carboxylic acids is 1. The van der Waals surface area contributed by atoms with E-state index in [4.69, 9.17) is 17.3 Å². The highest BCUT2D eigenvalue weighted by Crippen LogP contribution is 2.27. The van der Waals surface area contributed by atoms with Gasteiger partial charge < -0.3 is 11.1 Å². The highest BCUT2D eigenvalue weighted by atomic mass is 35.5. The molecule has 1 atom stereocenters. The molecule has 2 rings (SSSR count). The van der Waals surface area contributed by atoms with Crippen LogP contribution in [0.25, 0.3) is 0 Å². The molecular formula is C16H24Cl2N2O. The van der Waals surface area contributed by atoms with E-state index in [1.807, 2.05) is 19.1 Å². The van der Waals surface area contributed by atoms with Crippen LogP contribution in [0, 0.1) is 12.8 Å². The Balaban J connectivity index is 0.00000220. The molecule has 21 heavy (non-hydrogen) atoms. The lowest BCUT2D eigenvalue weighted by Gasteiger charge is -2.30. The van der Waals surface area contributed by atoms with E-state index >= 15 is 0 Å². The molecule has 0 aliphatic heterocycles. The summed E-state index contributed by atoms with van der Waals surface area (Å²) in [5.74, 6) is 0.390. The van der Waals surface area contributed by atoms with Gasteiger partial charge >= 0.3 is 0 Å². The van der Waals surface area contributed by atoms with Gasteiger partial charge in [0.25, 0.3) is 5.91 Å². The number of amides is 1. The molecule has 1 aromatic carbocycles. The van der Waals surface area contributed by atoms with Crippen molar-refractivity contribution in [3.8, 4) is 0 Å². The lowest BCUT2D eigenvalue weighted by molar-refractivity contribution is 0.0915. The summed E-state index contributed by atoms with van der Waals surface area (Å²) >= 11 is 6.21. The van der Waals surface area contributed by atoms with Crippen LogP contribution in [-0.2, 0) is 0 Å². The van der Waals surface area contributed by atoms with E-state index in [9.17, 15) is 4.79 Å². The molecule has 0 aromatic heterocycles. The molecule has 0 heterocycles. The number of nitrogens with two attached hydrogens (primary N) is 1. The molecular weight excluding hydrogens is 307 g/mol. The maximum absolute atomic E-state index is 12.4. The van der Waals surface area contributed by atoms with Gasteiger partial charge in [0.15, 0.2) is 0 Å². The molecule has 1 aromatic rings. The van der Waals surface area contributed by atoms with Gasteiger partial charge in [0.2, 0.25) is 0 Å². The summed E-state index contributed by atoms with van der Waals surface area (Å²) in [6.07, 6.45) is 6.09. The summed E-state index contributed by atoms with van der Waals surface area (Å²) < 4.78 is 0. The maximum atomic E-state index is 12.4. The summed E-state index contributed by atoms with van der Waals surface area (Å²) in [5.41, 5.74) is 7.31. The number of aryl methyl sites for hydroxylation is 1. The van der Waals surface area contributed by atoms with Crippen LogP contribution in [0.15, 0.2) is 18.2 Å². The largest absolute Gasteiger partial charge is 0.348 e. The van der Waals surface area contributed by atoms with Crippen molar-refractivity contribution in [1.82, 2.24) is 5.32 Å². The van der Waals surface area contributed by atoms with Gasteiger partial charge in [-0.25, -0.2) is 0 Å². The van der Waals surface area contributed by atoms with Gasteiger partial charge in [0.05, 0.1) is 10.6 Å². The molecule has 0 spiro atoms. The molecule has 1 saturated carbocycles. The van der Waals surface area contributed by atoms with Crippen LogP contribution < -0.4 is 11.1 Å². The fourth-order valence-corrected chi connectivity index (χ4v) is 3.19. The lowest BCUT2D eigenvalue weighted by Crippen LogP contribution is -2.46. The normalized spacial score (nSPS) is 16.9. The Morgan fingerprint density at radius 2 is 2.05 bits per heavy atom. The van der Waals surface area contributed by atoms with E-state index in [1.165, 1.54) is 19.3 Å². The van der Waals surface area contributed by atoms with Gasteiger partial charge in [-0.05, 0) is 37.3 Å². The first kappa shape index (κ1) is 18.3. The van der Waals surface area contributed by atoms with Crippen molar-refractivity contribution in [2.75, 3.05) is 6.54 Å². The van der Waals surface area contributed by atoms with Gasteiger partial charge in [0, 0.05) is 12.6 Å².